The van der Waals surface area contributed by atoms with Crippen molar-refractivity contribution in [1.29, 1.82) is 0 Å². The maximum absolute atomic E-state index is 12.8. The molecule has 116 valence electrons. The van der Waals surface area contributed by atoms with Crippen LogP contribution in [0.25, 0.3) is 6.08 Å². The molecule has 1 atom stereocenters. The summed E-state index contributed by atoms with van der Waals surface area (Å²) in [6, 6.07) is 6.38. The van der Waals surface area contributed by atoms with Crippen molar-refractivity contribution in [3.63, 3.8) is 0 Å². The van der Waals surface area contributed by atoms with Gasteiger partial charge in [0.2, 0.25) is 10.0 Å². The summed E-state index contributed by atoms with van der Waals surface area (Å²) < 4.78 is 37.5. The van der Waals surface area contributed by atoms with E-state index >= 15 is 0 Å². The summed E-state index contributed by atoms with van der Waals surface area (Å²) >= 11 is 0. The zero-order chi connectivity index (χ0) is 15.3. The lowest BCUT2D eigenvalue weighted by molar-refractivity contribution is 0.359. The Balaban J connectivity index is 1.74. The Hall–Kier alpha value is -1.24. The van der Waals surface area contributed by atoms with Crippen LogP contribution in [0.1, 0.15) is 12.0 Å². The highest BCUT2D eigenvalue weighted by atomic mass is 32.2. The van der Waals surface area contributed by atoms with Gasteiger partial charge in [-0.25, -0.2) is 17.5 Å². The van der Waals surface area contributed by atoms with E-state index in [4.69, 9.17) is 0 Å². The molecule has 0 unspecified atom stereocenters. The van der Waals surface area contributed by atoms with Crippen molar-refractivity contribution in [3.8, 4) is 0 Å². The van der Waals surface area contributed by atoms with Crippen LogP contribution in [0.3, 0.4) is 0 Å². The Kier molecular flexibility index (Phi) is 5.50. The number of sulfonamides is 1. The Labute approximate surface area is 125 Å². The van der Waals surface area contributed by atoms with Gasteiger partial charge in [0, 0.05) is 19.6 Å². The van der Waals surface area contributed by atoms with Crippen LogP contribution in [-0.2, 0) is 10.0 Å². The van der Waals surface area contributed by atoms with Gasteiger partial charge in [0.05, 0.1) is 6.26 Å². The second kappa shape index (κ2) is 7.15. The Morgan fingerprint density at radius 1 is 1.38 bits per heavy atom. The number of nitrogens with one attached hydrogen (secondary N) is 1. The van der Waals surface area contributed by atoms with Gasteiger partial charge in [-0.15, -0.1) is 0 Å². The van der Waals surface area contributed by atoms with Gasteiger partial charge in [0.25, 0.3) is 0 Å². The van der Waals surface area contributed by atoms with Gasteiger partial charge in [-0.05, 0) is 36.6 Å². The zero-order valence-corrected chi connectivity index (χ0v) is 12.9. The third-order valence-electron chi connectivity index (χ3n) is 3.55. The van der Waals surface area contributed by atoms with Crippen LogP contribution in [0, 0.1) is 11.7 Å². The first kappa shape index (κ1) is 16.1. The molecule has 1 heterocycles. The minimum Gasteiger partial charge on any atom is -0.299 e. The minimum absolute atomic E-state index is 0.229. The number of halogens is 1. The maximum Gasteiger partial charge on any atom is 0.208 e. The number of hydrogen-bond acceptors (Lipinski definition) is 3. The van der Waals surface area contributed by atoms with Gasteiger partial charge in [-0.3, -0.25) is 4.90 Å². The number of hydrogen-bond donors (Lipinski definition) is 1. The van der Waals surface area contributed by atoms with Crippen molar-refractivity contribution in [3.05, 3.63) is 41.7 Å². The summed E-state index contributed by atoms with van der Waals surface area (Å²) in [5.41, 5.74) is 0.978. The number of likely N-dealkylation sites (tertiary alicyclic amines) is 1. The first-order valence-corrected chi connectivity index (χ1v) is 8.90. The molecule has 0 bridgehead atoms. The second-order valence-corrected chi connectivity index (χ2v) is 7.32. The van der Waals surface area contributed by atoms with Crippen molar-refractivity contribution >= 4 is 16.1 Å². The monoisotopic (exact) mass is 312 g/mol. The fraction of sp³-hybridized carbons (Fsp3) is 0.467. The first-order chi connectivity index (χ1) is 9.92. The van der Waals surface area contributed by atoms with Crippen LogP contribution in [0.4, 0.5) is 4.39 Å². The quantitative estimate of drug-likeness (QED) is 0.870. The van der Waals surface area contributed by atoms with E-state index in [0.717, 1.165) is 31.6 Å². The molecular weight excluding hydrogens is 291 g/mol. The van der Waals surface area contributed by atoms with Crippen LogP contribution < -0.4 is 4.72 Å². The van der Waals surface area contributed by atoms with Crippen LogP contribution in [0.2, 0.25) is 0 Å². The summed E-state index contributed by atoms with van der Waals surface area (Å²) in [6.07, 6.45) is 6.22. The van der Waals surface area contributed by atoms with Crippen molar-refractivity contribution in [2.24, 2.45) is 5.92 Å². The molecule has 0 spiro atoms. The first-order valence-electron chi connectivity index (χ1n) is 7.01. The van der Waals surface area contributed by atoms with Gasteiger partial charge in [-0.2, -0.15) is 0 Å². The van der Waals surface area contributed by atoms with Crippen LogP contribution in [-0.4, -0.2) is 45.8 Å². The Bertz CT molecular complexity index is 584. The van der Waals surface area contributed by atoms with Crippen molar-refractivity contribution in [1.82, 2.24) is 9.62 Å². The average molecular weight is 312 g/mol. The molecule has 0 amide bonds. The summed E-state index contributed by atoms with van der Waals surface area (Å²) in [5, 5.41) is 0. The predicted octanol–water partition coefficient (Wildman–Crippen LogP) is 1.71. The van der Waals surface area contributed by atoms with Gasteiger partial charge in [-0.1, -0.05) is 24.3 Å². The van der Waals surface area contributed by atoms with E-state index in [1.54, 1.807) is 12.1 Å². The molecule has 1 fully saturated rings. The maximum atomic E-state index is 12.8. The standard InChI is InChI=1S/C15H21FN2O2S/c1-21(19,20)17-11-14-8-10-18(12-14)9-2-3-13-4-6-15(16)7-5-13/h2-7,14,17H,8-12H2,1H3/b3-2+/t14-/m1/s1. The van der Waals surface area contributed by atoms with Crippen molar-refractivity contribution in [2.45, 2.75) is 6.42 Å². The molecule has 1 aliphatic heterocycles. The van der Waals surface area contributed by atoms with Gasteiger partial charge >= 0.3 is 0 Å². The second-order valence-electron chi connectivity index (χ2n) is 5.49. The summed E-state index contributed by atoms with van der Waals surface area (Å²) in [6.45, 7) is 3.21. The third-order valence-corrected chi connectivity index (χ3v) is 4.24. The number of rotatable bonds is 6. The molecule has 4 nitrogen and oxygen atoms in total. The summed E-state index contributed by atoms with van der Waals surface area (Å²) in [4.78, 5) is 2.29. The fourth-order valence-corrected chi connectivity index (χ4v) is 2.96. The molecule has 0 aromatic heterocycles. The fourth-order valence-electron chi connectivity index (χ4n) is 2.43. The van der Waals surface area contributed by atoms with Gasteiger partial charge in [0.15, 0.2) is 0 Å². The Morgan fingerprint density at radius 2 is 2.10 bits per heavy atom. The molecule has 2 rings (SSSR count). The van der Waals surface area contributed by atoms with Gasteiger partial charge in [0.1, 0.15) is 5.82 Å². The van der Waals surface area contributed by atoms with Gasteiger partial charge < -0.3 is 0 Å². The topological polar surface area (TPSA) is 49.4 Å². The van der Waals surface area contributed by atoms with E-state index in [9.17, 15) is 12.8 Å². The SMILES string of the molecule is CS(=O)(=O)NC[C@H]1CCN(C/C=C/c2ccc(F)cc2)C1. The lowest BCUT2D eigenvalue weighted by Crippen LogP contribution is -2.30. The summed E-state index contributed by atoms with van der Waals surface area (Å²) in [7, 11) is -3.10. The molecule has 6 heteroatoms. The van der Waals surface area contributed by atoms with Crippen molar-refractivity contribution < 1.29 is 12.8 Å². The normalized spacial score (nSPS) is 20.4. The molecule has 1 aliphatic rings. The van der Waals surface area contributed by atoms with E-state index in [0.29, 0.717) is 12.5 Å². The van der Waals surface area contributed by atoms with Crippen LogP contribution in [0.5, 0.6) is 0 Å². The van der Waals surface area contributed by atoms with E-state index < -0.39 is 10.0 Å². The molecule has 1 N–H and O–H groups in total. The third kappa shape index (κ3) is 5.95. The van der Waals surface area contributed by atoms with E-state index in [1.165, 1.54) is 18.4 Å². The molecule has 21 heavy (non-hydrogen) atoms. The van der Waals surface area contributed by atoms with Crippen LogP contribution >= 0.6 is 0 Å². The lowest BCUT2D eigenvalue weighted by atomic mass is 10.1. The number of nitrogens with zero attached hydrogens (tertiary/aromatic N) is 1. The average Bonchev–Trinajstić information content (AvgIpc) is 2.86. The van der Waals surface area contributed by atoms with E-state index in [1.807, 2.05) is 6.08 Å². The largest absolute Gasteiger partial charge is 0.299 e. The summed E-state index contributed by atoms with van der Waals surface area (Å²) in [5.74, 6) is 0.145. The Morgan fingerprint density at radius 3 is 2.76 bits per heavy atom. The highest BCUT2D eigenvalue weighted by molar-refractivity contribution is 7.88. The molecular formula is C15H21FN2O2S. The van der Waals surface area contributed by atoms with E-state index in [2.05, 4.69) is 15.7 Å². The highest BCUT2D eigenvalue weighted by Gasteiger charge is 2.22. The lowest BCUT2D eigenvalue weighted by Gasteiger charge is -2.13. The minimum atomic E-state index is -3.10. The molecule has 0 aliphatic carbocycles. The van der Waals surface area contributed by atoms with Crippen LogP contribution in [0.15, 0.2) is 30.3 Å². The van der Waals surface area contributed by atoms with Crippen molar-refractivity contribution in [2.75, 3.05) is 32.4 Å². The molecule has 1 aromatic rings. The highest BCUT2D eigenvalue weighted by Crippen LogP contribution is 2.15. The van der Waals surface area contributed by atoms with E-state index in [-0.39, 0.29) is 5.82 Å². The molecule has 1 saturated heterocycles. The smallest absolute Gasteiger partial charge is 0.208 e. The predicted molar refractivity (Wildman–Crippen MR) is 82.8 cm³/mol. The number of benzene rings is 1. The molecule has 0 radical (unpaired) electrons. The molecule has 1 aromatic carbocycles. The molecule has 0 saturated carbocycles. The zero-order valence-electron chi connectivity index (χ0n) is 12.1.